The van der Waals surface area contributed by atoms with Gasteiger partial charge in [0.2, 0.25) is 0 Å². The van der Waals surface area contributed by atoms with Gasteiger partial charge in [-0.2, -0.15) is 0 Å². The predicted octanol–water partition coefficient (Wildman–Crippen LogP) is 3.03. The Morgan fingerprint density at radius 2 is 1.75 bits per heavy atom. The van der Waals surface area contributed by atoms with E-state index in [0.29, 0.717) is 12.1 Å². The van der Waals surface area contributed by atoms with Gasteiger partial charge in [0.25, 0.3) is 5.91 Å². The largest absolute Gasteiger partial charge is 0.341 e. The van der Waals surface area contributed by atoms with Gasteiger partial charge in [-0.05, 0) is 36.2 Å². The van der Waals surface area contributed by atoms with Crippen LogP contribution >= 0.6 is 0 Å². The normalized spacial score (nSPS) is 9.45. The van der Waals surface area contributed by atoms with E-state index in [1.807, 2.05) is 54.6 Å². The minimum absolute atomic E-state index is 0.0879. The molecule has 1 N–H and O–H groups in total. The van der Waals surface area contributed by atoms with Crippen LogP contribution in [0.15, 0.2) is 54.6 Å². The Kier molecular flexibility index (Phi) is 4.97. The van der Waals surface area contributed by atoms with Crippen LogP contribution in [-0.2, 0) is 6.42 Å². The van der Waals surface area contributed by atoms with Gasteiger partial charge in [-0.25, -0.2) is 0 Å². The molecule has 2 nitrogen and oxygen atoms in total. The highest BCUT2D eigenvalue weighted by molar-refractivity contribution is 5.94. The molecule has 1 amide bonds. The summed E-state index contributed by atoms with van der Waals surface area (Å²) in [4.78, 5) is 11.9. The second-order valence-corrected chi connectivity index (χ2v) is 4.40. The minimum Gasteiger partial charge on any atom is -0.341 e. The van der Waals surface area contributed by atoms with E-state index in [0.717, 1.165) is 12.0 Å². The van der Waals surface area contributed by atoms with E-state index in [2.05, 4.69) is 24.1 Å². The highest BCUT2D eigenvalue weighted by Gasteiger charge is 2.02. The van der Waals surface area contributed by atoms with Crippen LogP contribution in [0, 0.1) is 11.8 Å². The highest BCUT2D eigenvalue weighted by Crippen LogP contribution is 2.04. The molecule has 0 aromatic heterocycles. The molecule has 0 fully saturated rings. The van der Waals surface area contributed by atoms with Gasteiger partial charge in [0.1, 0.15) is 0 Å². The maximum Gasteiger partial charge on any atom is 0.252 e. The molecular formula is C18H17NO. The van der Waals surface area contributed by atoms with Crippen molar-refractivity contribution in [2.45, 2.75) is 13.3 Å². The fraction of sp³-hybridized carbons (Fsp3) is 0.167. The number of hydrogen-bond acceptors (Lipinski definition) is 1. The summed E-state index contributed by atoms with van der Waals surface area (Å²) < 4.78 is 0. The average molecular weight is 263 g/mol. The summed E-state index contributed by atoms with van der Waals surface area (Å²) in [6.45, 7) is 2.44. The first kappa shape index (κ1) is 13.9. The molecule has 20 heavy (non-hydrogen) atoms. The third-order valence-electron chi connectivity index (χ3n) is 2.97. The zero-order chi connectivity index (χ0) is 14.2. The van der Waals surface area contributed by atoms with E-state index in [9.17, 15) is 4.79 Å². The molecule has 2 aromatic rings. The number of carbonyl (C=O) groups is 1. The molecule has 0 aliphatic carbocycles. The standard InChI is InChI=1S/C18H17NO/c1-2-15-10-12-17(13-11-15)18(20)19-14-6-9-16-7-4-3-5-8-16/h3-5,7-8,10-13H,2,14H2,1H3,(H,19,20). The highest BCUT2D eigenvalue weighted by atomic mass is 16.1. The summed E-state index contributed by atoms with van der Waals surface area (Å²) in [5.74, 6) is 5.86. The Hall–Kier alpha value is -2.53. The van der Waals surface area contributed by atoms with Crippen LogP contribution in [-0.4, -0.2) is 12.5 Å². The van der Waals surface area contributed by atoms with Crippen molar-refractivity contribution in [1.82, 2.24) is 5.32 Å². The van der Waals surface area contributed by atoms with Crippen molar-refractivity contribution in [3.63, 3.8) is 0 Å². The lowest BCUT2D eigenvalue weighted by Gasteiger charge is -2.02. The van der Waals surface area contributed by atoms with Gasteiger partial charge in [0, 0.05) is 11.1 Å². The van der Waals surface area contributed by atoms with Crippen LogP contribution in [0.2, 0.25) is 0 Å². The SMILES string of the molecule is CCc1ccc(C(=O)NCC#Cc2ccccc2)cc1. The van der Waals surface area contributed by atoms with Crippen molar-refractivity contribution in [3.8, 4) is 11.8 Å². The van der Waals surface area contributed by atoms with Gasteiger partial charge < -0.3 is 5.32 Å². The number of benzene rings is 2. The number of aryl methyl sites for hydroxylation is 1. The molecule has 0 aliphatic heterocycles. The molecule has 0 spiro atoms. The molecule has 100 valence electrons. The fourth-order valence-electron chi connectivity index (χ4n) is 1.79. The third kappa shape index (κ3) is 4.00. The van der Waals surface area contributed by atoms with Gasteiger partial charge in [-0.15, -0.1) is 0 Å². The minimum atomic E-state index is -0.0879. The van der Waals surface area contributed by atoms with Gasteiger partial charge in [-0.1, -0.05) is 49.1 Å². The van der Waals surface area contributed by atoms with Gasteiger partial charge >= 0.3 is 0 Å². The maximum absolute atomic E-state index is 11.9. The molecule has 0 aliphatic rings. The summed E-state index contributed by atoms with van der Waals surface area (Å²) in [7, 11) is 0. The number of rotatable bonds is 3. The fourth-order valence-corrected chi connectivity index (χ4v) is 1.79. The van der Waals surface area contributed by atoms with Crippen molar-refractivity contribution in [3.05, 3.63) is 71.3 Å². The summed E-state index contributed by atoms with van der Waals surface area (Å²) in [5.41, 5.74) is 2.85. The van der Waals surface area contributed by atoms with Crippen LogP contribution in [0.4, 0.5) is 0 Å². The van der Waals surface area contributed by atoms with Crippen LogP contribution in [0.25, 0.3) is 0 Å². The summed E-state index contributed by atoms with van der Waals surface area (Å²) >= 11 is 0. The van der Waals surface area contributed by atoms with E-state index in [-0.39, 0.29) is 5.91 Å². The quantitative estimate of drug-likeness (QED) is 0.847. The van der Waals surface area contributed by atoms with Crippen LogP contribution in [0.5, 0.6) is 0 Å². The molecule has 0 atom stereocenters. The Bertz CT molecular complexity index is 618. The van der Waals surface area contributed by atoms with Crippen LogP contribution < -0.4 is 5.32 Å². The number of carbonyl (C=O) groups excluding carboxylic acids is 1. The molecule has 0 heterocycles. The lowest BCUT2D eigenvalue weighted by atomic mass is 10.1. The van der Waals surface area contributed by atoms with E-state index in [1.54, 1.807) is 0 Å². The van der Waals surface area contributed by atoms with Gasteiger partial charge in [0.15, 0.2) is 0 Å². The molecule has 0 radical (unpaired) electrons. The Labute approximate surface area is 119 Å². The zero-order valence-corrected chi connectivity index (χ0v) is 11.5. The van der Waals surface area contributed by atoms with Crippen molar-refractivity contribution < 1.29 is 4.79 Å². The van der Waals surface area contributed by atoms with Crippen molar-refractivity contribution in [2.24, 2.45) is 0 Å². The molecule has 0 saturated heterocycles. The molecule has 2 heteroatoms. The topological polar surface area (TPSA) is 29.1 Å². The number of nitrogens with one attached hydrogen (secondary N) is 1. The second-order valence-electron chi connectivity index (χ2n) is 4.40. The lowest BCUT2D eigenvalue weighted by Crippen LogP contribution is -2.23. The van der Waals surface area contributed by atoms with Crippen LogP contribution in [0.3, 0.4) is 0 Å². The van der Waals surface area contributed by atoms with E-state index < -0.39 is 0 Å². The molecular weight excluding hydrogens is 246 g/mol. The Morgan fingerprint density at radius 3 is 2.40 bits per heavy atom. The molecule has 0 unspecified atom stereocenters. The van der Waals surface area contributed by atoms with Crippen molar-refractivity contribution in [1.29, 1.82) is 0 Å². The third-order valence-corrected chi connectivity index (χ3v) is 2.97. The Morgan fingerprint density at radius 1 is 1.05 bits per heavy atom. The summed E-state index contributed by atoms with van der Waals surface area (Å²) in [6, 6.07) is 17.4. The first-order valence-electron chi connectivity index (χ1n) is 6.70. The molecule has 2 rings (SSSR count). The van der Waals surface area contributed by atoms with Crippen molar-refractivity contribution in [2.75, 3.05) is 6.54 Å². The van der Waals surface area contributed by atoms with Gasteiger partial charge in [0.05, 0.1) is 6.54 Å². The second kappa shape index (κ2) is 7.16. The average Bonchev–Trinajstić information content (AvgIpc) is 2.52. The smallest absolute Gasteiger partial charge is 0.252 e. The molecule has 0 saturated carbocycles. The predicted molar refractivity (Wildman–Crippen MR) is 81.5 cm³/mol. The molecule has 0 bridgehead atoms. The summed E-state index contributed by atoms with van der Waals surface area (Å²) in [5, 5.41) is 2.79. The summed E-state index contributed by atoms with van der Waals surface area (Å²) in [6.07, 6.45) is 0.977. The van der Waals surface area contributed by atoms with Crippen molar-refractivity contribution >= 4 is 5.91 Å². The Balaban J connectivity index is 1.87. The zero-order valence-electron chi connectivity index (χ0n) is 11.5. The first-order valence-corrected chi connectivity index (χ1v) is 6.70. The first-order chi connectivity index (χ1) is 9.79. The molecule has 2 aromatic carbocycles. The van der Waals surface area contributed by atoms with Gasteiger partial charge in [-0.3, -0.25) is 4.79 Å². The maximum atomic E-state index is 11.9. The monoisotopic (exact) mass is 263 g/mol. The van der Waals surface area contributed by atoms with Crippen LogP contribution in [0.1, 0.15) is 28.4 Å². The van der Waals surface area contributed by atoms with E-state index in [1.165, 1.54) is 5.56 Å². The number of amides is 1. The number of hydrogen-bond donors (Lipinski definition) is 1. The van der Waals surface area contributed by atoms with E-state index in [4.69, 9.17) is 0 Å². The van der Waals surface area contributed by atoms with E-state index >= 15 is 0 Å². The lowest BCUT2D eigenvalue weighted by molar-refractivity contribution is 0.0958.